The Morgan fingerprint density at radius 2 is 1.97 bits per heavy atom. The average Bonchev–Trinajstić information content (AvgIpc) is 3.23. The number of fused-ring (bicyclic) bond motifs is 1. The number of likely N-dealkylation sites (tertiary alicyclic amines) is 1. The van der Waals surface area contributed by atoms with Crippen molar-refractivity contribution in [2.45, 2.75) is 44.9 Å². The van der Waals surface area contributed by atoms with E-state index in [1.54, 1.807) is 0 Å². The van der Waals surface area contributed by atoms with Crippen molar-refractivity contribution in [1.29, 1.82) is 0 Å². The topological polar surface area (TPSA) is 94.1 Å². The Kier molecular flexibility index (Phi) is 7.67. The molecule has 39 heavy (non-hydrogen) atoms. The number of hydrogen-bond donors (Lipinski definition) is 3. The van der Waals surface area contributed by atoms with Gasteiger partial charge in [0.05, 0.1) is 23.5 Å². The standard InChI is InChI=1S/C29H30F3N5O2/c1-2-18-3-4-19(17-37-11-9-23(38)10-12-37)14-21(13-18)20-5-7-25-24(15-20)27(36-35-25)28(39)34-22-6-8-26(33-16-22)29(30,31)32/h4-8,13-16,23,38H,2-3,9-12,17H2,1H3,(H,34,39)(H,35,36). The second kappa shape index (κ2) is 11.2. The summed E-state index contributed by atoms with van der Waals surface area (Å²) in [6, 6.07) is 7.75. The molecule has 2 aliphatic rings. The minimum atomic E-state index is -4.55. The maximum Gasteiger partial charge on any atom is 0.433 e. The van der Waals surface area contributed by atoms with Gasteiger partial charge >= 0.3 is 6.18 Å². The van der Waals surface area contributed by atoms with Crippen LogP contribution in [0.1, 0.15) is 54.4 Å². The molecule has 3 aromatic rings. The van der Waals surface area contributed by atoms with Crippen LogP contribution in [0, 0.1) is 0 Å². The molecule has 7 nitrogen and oxygen atoms in total. The quantitative estimate of drug-likeness (QED) is 0.373. The fourth-order valence-corrected chi connectivity index (χ4v) is 4.89. The zero-order valence-electron chi connectivity index (χ0n) is 21.6. The Labute approximate surface area is 224 Å². The van der Waals surface area contributed by atoms with Crippen LogP contribution in [0.3, 0.4) is 0 Å². The van der Waals surface area contributed by atoms with Crippen molar-refractivity contribution in [2.75, 3.05) is 25.0 Å². The van der Waals surface area contributed by atoms with Gasteiger partial charge in [-0.1, -0.05) is 36.8 Å². The maximum atomic E-state index is 13.0. The van der Waals surface area contributed by atoms with Gasteiger partial charge in [0.25, 0.3) is 5.91 Å². The van der Waals surface area contributed by atoms with Crippen LogP contribution >= 0.6 is 0 Å². The number of hydrogen-bond acceptors (Lipinski definition) is 5. The summed E-state index contributed by atoms with van der Waals surface area (Å²) in [6.07, 6.45) is 6.20. The van der Waals surface area contributed by atoms with E-state index < -0.39 is 17.8 Å². The summed E-state index contributed by atoms with van der Waals surface area (Å²) in [6.45, 7) is 4.67. The molecule has 0 radical (unpaired) electrons. The molecule has 1 aliphatic heterocycles. The molecule has 3 heterocycles. The normalized spacial score (nSPS) is 17.4. The summed E-state index contributed by atoms with van der Waals surface area (Å²) >= 11 is 0. The molecular formula is C29H30F3N5O2. The van der Waals surface area contributed by atoms with Crippen LogP contribution in [0.5, 0.6) is 0 Å². The van der Waals surface area contributed by atoms with E-state index in [1.165, 1.54) is 11.1 Å². The van der Waals surface area contributed by atoms with E-state index in [9.17, 15) is 23.1 Å². The minimum absolute atomic E-state index is 0.141. The summed E-state index contributed by atoms with van der Waals surface area (Å²) < 4.78 is 38.4. The second-order valence-corrected chi connectivity index (χ2v) is 9.96. The monoisotopic (exact) mass is 537 g/mol. The van der Waals surface area contributed by atoms with Crippen LogP contribution < -0.4 is 5.32 Å². The highest BCUT2D eigenvalue weighted by Gasteiger charge is 2.32. The van der Waals surface area contributed by atoms with Crippen LogP contribution in [-0.2, 0) is 6.18 Å². The molecule has 5 rings (SSSR count). The highest BCUT2D eigenvalue weighted by atomic mass is 19.4. The first-order valence-electron chi connectivity index (χ1n) is 13.0. The van der Waals surface area contributed by atoms with Gasteiger partial charge in [-0.05, 0) is 66.7 Å². The number of anilines is 1. The third-order valence-corrected chi connectivity index (χ3v) is 7.17. The smallest absolute Gasteiger partial charge is 0.393 e. The molecule has 1 saturated heterocycles. The predicted octanol–water partition coefficient (Wildman–Crippen LogP) is 5.74. The van der Waals surface area contributed by atoms with Crippen molar-refractivity contribution >= 4 is 28.1 Å². The predicted molar refractivity (Wildman–Crippen MR) is 144 cm³/mol. The molecule has 1 aliphatic carbocycles. The lowest BCUT2D eigenvalue weighted by molar-refractivity contribution is -0.141. The van der Waals surface area contributed by atoms with E-state index in [0.29, 0.717) is 10.9 Å². The van der Waals surface area contributed by atoms with Gasteiger partial charge in [0.15, 0.2) is 5.69 Å². The molecule has 1 fully saturated rings. The molecule has 1 amide bonds. The van der Waals surface area contributed by atoms with Crippen molar-refractivity contribution in [3.8, 4) is 0 Å². The van der Waals surface area contributed by atoms with E-state index in [0.717, 1.165) is 74.8 Å². The first-order valence-corrected chi connectivity index (χ1v) is 13.0. The number of carbonyl (C=O) groups excluding carboxylic acids is 1. The number of nitrogens with zero attached hydrogens (tertiary/aromatic N) is 3. The number of piperidine rings is 1. The lowest BCUT2D eigenvalue weighted by atomic mass is 9.99. The SMILES string of the molecule is CCC1=CC(c2ccc3[nH]nc(C(=O)Nc4ccc(C(F)(F)F)nc4)c3c2)=CC(CN2CCC(O)CC2)=CC1. The van der Waals surface area contributed by atoms with Crippen LogP contribution in [-0.4, -0.2) is 56.8 Å². The van der Waals surface area contributed by atoms with Crippen molar-refractivity contribution in [1.82, 2.24) is 20.1 Å². The van der Waals surface area contributed by atoms with Gasteiger partial charge in [-0.15, -0.1) is 0 Å². The van der Waals surface area contributed by atoms with Gasteiger partial charge < -0.3 is 10.4 Å². The molecule has 3 N–H and O–H groups in total. The fourth-order valence-electron chi connectivity index (χ4n) is 4.89. The van der Waals surface area contributed by atoms with E-state index in [4.69, 9.17) is 0 Å². The number of alkyl halides is 3. The van der Waals surface area contributed by atoms with Crippen molar-refractivity contribution in [2.24, 2.45) is 0 Å². The number of carbonyl (C=O) groups is 1. The van der Waals surface area contributed by atoms with Crippen molar-refractivity contribution in [3.63, 3.8) is 0 Å². The number of nitrogens with one attached hydrogen (secondary N) is 2. The van der Waals surface area contributed by atoms with Gasteiger partial charge in [-0.25, -0.2) is 4.98 Å². The van der Waals surface area contributed by atoms with Crippen LogP contribution in [0.2, 0.25) is 0 Å². The molecule has 1 aromatic carbocycles. The summed E-state index contributed by atoms with van der Waals surface area (Å²) in [5.74, 6) is -0.549. The number of amides is 1. The number of aliphatic hydroxyl groups is 1. The molecule has 0 unspecified atom stereocenters. The number of aliphatic hydroxyl groups excluding tert-OH is 1. The van der Waals surface area contributed by atoms with E-state index in [-0.39, 0.29) is 17.5 Å². The largest absolute Gasteiger partial charge is 0.433 e. The van der Waals surface area contributed by atoms with Gasteiger partial charge in [0, 0.05) is 25.0 Å². The zero-order valence-corrected chi connectivity index (χ0v) is 21.6. The summed E-state index contributed by atoms with van der Waals surface area (Å²) in [5, 5.41) is 20.1. The second-order valence-electron chi connectivity index (χ2n) is 9.96. The Balaban J connectivity index is 1.40. The molecule has 0 saturated carbocycles. The zero-order chi connectivity index (χ0) is 27.6. The summed E-state index contributed by atoms with van der Waals surface area (Å²) in [4.78, 5) is 18.8. The van der Waals surface area contributed by atoms with Gasteiger partial charge in [-0.3, -0.25) is 14.8 Å². The number of rotatable bonds is 6. The molecule has 10 heteroatoms. The van der Waals surface area contributed by atoms with Crippen molar-refractivity contribution < 1.29 is 23.1 Å². The third-order valence-electron chi connectivity index (χ3n) is 7.17. The van der Waals surface area contributed by atoms with Crippen molar-refractivity contribution in [3.05, 3.63) is 82.9 Å². The number of halogens is 3. The Hall–Kier alpha value is -3.76. The first-order chi connectivity index (χ1) is 18.7. The number of pyridine rings is 1. The molecule has 0 bridgehead atoms. The number of aromatic nitrogens is 3. The Bertz CT molecular complexity index is 1450. The Morgan fingerprint density at radius 1 is 1.18 bits per heavy atom. The van der Waals surface area contributed by atoms with Crippen LogP contribution in [0.25, 0.3) is 16.5 Å². The Morgan fingerprint density at radius 3 is 2.67 bits per heavy atom. The van der Waals surface area contributed by atoms with E-state index >= 15 is 0 Å². The highest BCUT2D eigenvalue weighted by Crippen LogP contribution is 2.30. The third kappa shape index (κ3) is 6.29. The van der Waals surface area contributed by atoms with Gasteiger partial charge in [0.1, 0.15) is 5.69 Å². The molecule has 204 valence electrons. The minimum Gasteiger partial charge on any atom is -0.393 e. The number of allylic oxidation sites excluding steroid dienone is 4. The van der Waals surface area contributed by atoms with E-state index in [1.807, 2.05) is 18.2 Å². The number of H-pyrrole nitrogens is 1. The molecule has 2 aromatic heterocycles. The fraction of sp³-hybridized carbons (Fsp3) is 0.345. The number of aromatic amines is 1. The lowest BCUT2D eigenvalue weighted by Gasteiger charge is -2.29. The van der Waals surface area contributed by atoms with Gasteiger partial charge in [-0.2, -0.15) is 18.3 Å². The lowest BCUT2D eigenvalue weighted by Crippen LogP contribution is -2.36. The van der Waals surface area contributed by atoms with E-state index in [2.05, 4.69) is 50.5 Å². The number of benzene rings is 1. The molecule has 0 spiro atoms. The molecule has 0 atom stereocenters. The highest BCUT2D eigenvalue weighted by molar-refractivity contribution is 6.11. The average molecular weight is 538 g/mol. The van der Waals surface area contributed by atoms with Gasteiger partial charge in [0.2, 0.25) is 0 Å². The maximum absolute atomic E-state index is 13.0. The van der Waals surface area contributed by atoms with Crippen LogP contribution in [0.15, 0.2) is 65.9 Å². The first kappa shape index (κ1) is 26.8. The molecular weight excluding hydrogens is 507 g/mol. The summed E-state index contributed by atoms with van der Waals surface area (Å²) in [7, 11) is 0. The summed E-state index contributed by atoms with van der Waals surface area (Å²) in [5.41, 5.74) is 4.40. The van der Waals surface area contributed by atoms with Crippen LogP contribution in [0.4, 0.5) is 18.9 Å².